The first-order chi connectivity index (χ1) is 8.60. The number of carbonyl (C=O) groups excluding carboxylic acids is 1. The second kappa shape index (κ2) is 5.46. The molecule has 2 N–H and O–H groups in total. The quantitative estimate of drug-likeness (QED) is 0.893. The predicted molar refractivity (Wildman–Crippen MR) is 70.4 cm³/mol. The first kappa shape index (κ1) is 13.0. The number of hydrogen-bond donors (Lipinski definition) is 2. The maximum Gasteiger partial charge on any atom is 0.261 e. The van der Waals surface area contributed by atoms with Crippen LogP contribution < -0.4 is 5.32 Å². The van der Waals surface area contributed by atoms with E-state index in [1.165, 1.54) is 23.5 Å². The zero-order valence-electron chi connectivity index (χ0n) is 9.94. The summed E-state index contributed by atoms with van der Waals surface area (Å²) < 4.78 is 13.9. The van der Waals surface area contributed by atoms with E-state index < -0.39 is 0 Å². The van der Waals surface area contributed by atoms with Crippen molar-refractivity contribution in [1.29, 1.82) is 0 Å². The van der Waals surface area contributed by atoms with Gasteiger partial charge >= 0.3 is 0 Å². The van der Waals surface area contributed by atoms with Crippen LogP contribution in [0.2, 0.25) is 0 Å². The Bertz CT molecular complexity index is 567. The second-order valence-corrected chi connectivity index (χ2v) is 5.37. The van der Waals surface area contributed by atoms with Crippen molar-refractivity contribution in [3.8, 4) is 0 Å². The van der Waals surface area contributed by atoms with E-state index in [9.17, 15) is 9.18 Å². The molecule has 96 valence electrons. The van der Waals surface area contributed by atoms with Gasteiger partial charge in [-0.1, -0.05) is 6.92 Å². The smallest absolute Gasteiger partial charge is 0.261 e. The molecule has 0 bridgehead atoms. The third kappa shape index (κ3) is 2.86. The van der Waals surface area contributed by atoms with Crippen LogP contribution in [-0.2, 0) is 0 Å². The van der Waals surface area contributed by atoms with E-state index in [2.05, 4.69) is 5.32 Å². The Morgan fingerprint density at radius 2 is 2.28 bits per heavy atom. The summed E-state index contributed by atoms with van der Waals surface area (Å²) in [7, 11) is 0. The lowest BCUT2D eigenvalue weighted by atomic mass is 10.2. The molecule has 1 heterocycles. The number of amides is 1. The molecule has 1 amide bonds. The third-order valence-corrected chi connectivity index (χ3v) is 3.74. The summed E-state index contributed by atoms with van der Waals surface area (Å²) in [4.78, 5) is 12.4. The number of carbonyl (C=O) groups is 1. The summed E-state index contributed by atoms with van der Waals surface area (Å²) in [5.74, 6) is -0.459. The van der Waals surface area contributed by atoms with Gasteiger partial charge < -0.3 is 10.4 Å². The van der Waals surface area contributed by atoms with E-state index >= 15 is 0 Å². The Balaban J connectivity index is 2.13. The fraction of sp³-hybridized carbons (Fsp3) is 0.308. The van der Waals surface area contributed by atoms with Gasteiger partial charge in [-0.3, -0.25) is 4.79 Å². The Kier molecular flexibility index (Phi) is 3.93. The number of aliphatic hydroxyl groups excluding tert-OH is 1. The first-order valence-electron chi connectivity index (χ1n) is 5.68. The van der Waals surface area contributed by atoms with Crippen molar-refractivity contribution in [1.82, 2.24) is 5.32 Å². The van der Waals surface area contributed by atoms with Gasteiger partial charge in [0, 0.05) is 17.9 Å². The Hall–Kier alpha value is -1.46. The average Bonchev–Trinajstić information content (AvgIpc) is 2.78. The van der Waals surface area contributed by atoms with Gasteiger partial charge in [0.2, 0.25) is 0 Å². The highest BCUT2D eigenvalue weighted by Gasteiger charge is 2.11. The van der Waals surface area contributed by atoms with E-state index in [1.807, 2.05) is 6.92 Å². The minimum atomic E-state index is -0.304. The van der Waals surface area contributed by atoms with E-state index in [0.29, 0.717) is 11.4 Å². The molecule has 1 unspecified atom stereocenters. The maximum absolute atomic E-state index is 13.0. The molecule has 0 saturated heterocycles. The van der Waals surface area contributed by atoms with Crippen LogP contribution in [0.1, 0.15) is 16.6 Å². The van der Waals surface area contributed by atoms with E-state index in [0.717, 1.165) is 10.1 Å². The third-order valence-electron chi connectivity index (χ3n) is 2.62. The maximum atomic E-state index is 13.0. The van der Waals surface area contributed by atoms with Crippen molar-refractivity contribution in [3.63, 3.8) is 0 Å². The van der Waals surface area contributed by atoms with E-state index in [-0.39, 0.29) is 24.2 Å². The number of nitrogens with one attached hydrogen (secondary N) is 1. The van der Waals surface area contributed by atoms with Crippen molar-refractivity contribution in [3.05, 3.63) is 35.0 Å². The van der Waals surface area contributed by atoms with Crippen molar-refractivity contribution in [2.75, 3.05) is 13.2 Å². The second-order valence-electron chi connectivity index (χ2n) is 4.29. The summed E-state index contributed by atoms with van der Waals surface area (Å²) in [6.45, 7) is 2.32. The van der Waals surface area contributed by atoms with Crippen molar-refractivity contribution in [2.45, 2.75) is 6.92 Å². The van der Waals surface area contributed by atoms with Crippen LogP contribution in [0.3, 0.4) is 0 Å². The van der Waals surface area contributed by atoms with Gasteiger partial charge in [0.15, 0.2) is 0 Å². The molecular formula is C13H14FNO2S. The molecule has 0 fully saturated rings. The van der Waals surface area contributed by atoms with Gasteiger partial charge in [0.05, 0.1) is 4.88 Å². The SMILES string of the molecule is CC(CO)CNC(=O)c1cc2cc(F)ccc2s1. The Labute approximate surface area is 108 Å². The standard InChI is InChI=1S/C13H14FNO2S/c1-8(7-16)6-15-13(17)12-5-9-4-10(14)2-3-11(9)18-12/h2-5,8,16H,6-7H2,1H3,(H,15,17). The number of benzene rings is 1. The highest BCUT2D eigenvalue weighted by molar-refractivity contribution is 7.20. The topological polar surface area (TPSA) is 49.3 Å². The van der Waals surface area contributed by atoms with Crippen LogP contribution in [0.25, 0.3) is 10.1 Å². The first-order valence-corrected chi connectivity index (χ1v) is 6.50. The molecule has 0 aliphatic rings. The lowest BCUT2D eigenvalue weighted by molar-refractivity contribution is 0.0946. The van der Waals surface area contributed by atoms with Crippen LogP contribution >= 0.6 is 11.3 Å². The lowest BCUT2D eigenvalue weighted by Gasteiger charge is -2.08. The summed E-state index contributed by atoms with van der Waals surface area (Å²) in [5, 5.41) is 12.4. The van der Waals surface area contributed by atoms with E-state index in [4.69, 9.17) is 5.11 Å². The highest BCUT2D eigenvalue weighted by atomic mass is 32.1. The molecule has 0 radical (unpaired) electrons. The van der Waals surface area contributed by atoms with Gasteiger partial charge in [0.1, 0.15) is 5.82 Å². The number of halogens is 1. The van der Waals surface area contributed by atoms with Crippen molar-refractivity contribution >= 4 is 27.3 Å². The Morgan fingerprint density at radius 1 is 1.50 bits per heavy atom. The molecule has 2 aromatic rings. The number of aliphatic hydroxyl groups is 1. The minimum Gasteiger partial charge on any atom is -0.396 e. The van der Waals surface area contributed by atoms with Gasteiger partial charge in [-0.25, -0.2) is 4.39 Å². The molecule has 0 aliphatic carbocycles. The van der Waals surface area contributed by atoms with Gasteiger partial charge in [0.25, 0.3) is 5.91 Å². The van der Waals surface area contributed by atoms with Crippen molar-refractivity contribution in [2.24, 2.45) is 5.92 Å². The molecule has 3 nitrogen and oxygen atoms in total. The molecule has 0 aliphatic heterocycles. The average molecular weight is 267 g/mol. The molecule has 5 heteroatoms. The molecule has 1 aromatic carbocycles. The molecule has 1 atom stereocenters. The summed E-state index contributed by atoms with van der Waals surface area (Å²) in [5.41, 5.74) is 0. The molecule has 0 spiro atoms. The van der Waals surface area contributed by atoms with Gasteiger partial charge in [-0.2, -0.15) is 0 Å². The molecule has 0 saturated carbocycles. The van der Waals surface area contributed by atoms with Crippen LogP contribution in [0.5, 0.6) is 0 Å². The predicted octanol–water partition coefficient (Wildman–Crippen LogP) is 2.40. The number of thiophene rings is 1. The van der Waals surface area contributed by atoms with Crippen LogP contribution in [0.4, 0.5) is 4.39 Å². The summed E-state index contributed by atoms with van der Waals surface area (Å²) in [6, 6.07) is 6.15. The largest absolute Gasteiger partial charge is 0.396 e. The Morgan fingerprint density at radius 3 is 3.00 bits per heavy atom. The number of hydrogen-bond acceptors (Lipinski definition) is 3. The molecule has 2 rings (SSSR count). The number of rotatable bonds is 4. The monoisotopic (exact) mass is 267 g/mol. The van der Waals surface area contributed by atoms with Crippen LogP contribution in [0, 0.1) is 11.7 Å². The fourth-order valence-corrected chi connectivity index (χ4v) is 2.50. The van der Waals surface area contributed by atoms with Crippen molar-refractivity contribution < 1.29 is 14.3 Å². The lowest BCUT2D eigenvalue weighted by Crippen LogP contribution is -2.28. The fourth-order valence-electron chi connectivity index (χ4n) is 1.54. The van der Waals surface area contributed by atoms with Gasteiger partial charge in [-0.15, -0.1) is 11.3 Å². The van der Waals surface area contributed by atoms with Crippen LogP contribution in [-0.4, -0.2) is 24.2 Å². The van der Waals surface area contributed by atoms with Crippen LogP contribution in [0.15, 0.2) is 24.3 Å². The normalized spacial score (nSPS) is 12.6. The van der Waals surface area contributed by atoms with Gasteiger partial charge in [-0.05, 0) is 35.6 Å². The van der Waals surface area contributed by atoms with E-state index in [1.54, 1.807) is 12.1 Å². The summed E-state index contributed by atoms with van der Waals surface area (Å²) in [6.07, 6.45) is 0. The molecular weight excluding hydrogens is 253 g/mol. The minimum absolute atomic E-state index is 0.0285. The zero-order chi connectivity index (χ0) is 13.1. The summed E-state index contributed by atoms with van der Waals surface area (Å²) >= 11 is 1.33. The number of fused-ring (bicyclic) bond motifs is 1. The zero-order valence-corrected chi connectivity index (χ0v) is 10.8. The highest BCUT2D eigenvalue weighted by Crippen LogP contribution is 2.26. The molecule has 1 aromatic heterocycles. The molecule has 18 heavy (non-hydrogen) atoms.